The minimum atomic E-state index is -0.931. The smallest absolute Gasteiger partial charge is 0.188 e. The monoisotopic (exact) mass is 1020 g/mol. The number of aromatic hydroxyl groups is 1. The molecule has 3 aromatic rings. The minimum absolute atomic E-state index is 0.0197. The van der Waals surface area contributed by atoms with Gasteiger partial charge in [-0.25, -0.2) is 0 Å². The van der Waals surface area contributed by atoms with E-state index in [1.807, 2.05) is 53.8 Å². The molecule has 1 spiro atoms. The van der Waals surface area contributed by atoms with E-state index in [1.54, 1.807) is 13.1 Å². The van der Waals surface area contributed by atoms with Crippen LogP contribution in [-0.2, 0) is 25.9 Å². The molecule has 3 saturated carbocycles. The third-order valence-corrected chi connectivity index (χ3v) is 20.8. The molecule has 7 aliphatic rings. The van der Waals surface area contributed by atoms with Gasteiger partial charge in [-0.3, -0.25) is 4.99 Å². The highest BCUT2D eigenvalue weighted by Crippen LogP contribution is 2.63. The van der Waals surface area contributed by atoms with Crippen LogP contribution in [0, 0.1) is 46.8 Å². The summed E-state index contributed by atoms with van der Waals surface area (Å²) >= 11 is 0. The molecule has 0 radical (unpaired) electrons. The number of likely N-dealkylation sites (N-methyl/N-ethyl adjacent to an activating group) is 1. The lowest BCUT2D eigenvalue weighted by atomic mass is 9.61. The quantitative estimate of drug-likeness (QED) is 0.0255. The number of guanidine groups is 1. The number of nitrogens with two attached hydrogens (primary N) is 2. The van der Waals surface area contributed by atoms with Crippen LogP contribution >= 0.6 is 21.6 Å². The van der Waals surface area contributed by atoms with E-state index in [2.05, 4.69) is 51.1 Å². The van der Waals surface area contributed by atoms with Crippen LogP contribution in [0.4, 0.5) is 0 Å². The average Bonchev–Trinajstić information content (AvgIpc) is 4.05. The Labute approximate surface area is 430 Å². The van der Waals surface area contributed by atoms with Gasteiger partial charge in [0, 0.05) is 91.4 Å². The normalized spacial score (nSPS) is 33.0. The second-order valence-electron chi connectivity index (χ2n) is 22.7. The van der Waals surface area contributed by atoms with Crippen molar-refractivity contribution in [1.82, 2.24) is 20.9 Å². The number of nitrogens with zero attached hydrogens (tertiary/aromatic N) is 1. The molecule has 10 rings (SSSR count). The molecular weight excluding hydrogens is 931 g/mol. The van der Waals surface area contributed by atoms with Crippen LogP contribution in [0.5, 0.6) is 11.5 Å². The van der Waals surface area contributed by atoms with Gasteiger partial charge in [-0.1, -0.05) is 59.6 Å². The van der Waals surface area contributed by atoms with Gasteiger partial charge in [-0.2, -0.15) is 0 Å². The van der Waals surface area contributed by atoms with E-state index in [0.29, 0.717) is 78.6 Å². The molecule has 15 heteroatoms. The standard InChI is InChI=1S/C56H85N7O6S2/c1-32-7-13-41-37-20-34(9-14-42(41)44(45(57)24-37)30-70-71-31-48(32)63-55(58)60-4)11-16-51-38(28-64)23-40(69-51)12-8-35-10-15-49(66)52(21-35)68-29-50(67)46-25-43-53(47(27-59-3)61-26-33(2)65)56-18-5-6-39(56)22-36(17-19-56)54(43)62-46/h10,15,17,19,21,23,25,32-34,36-37,39,41-42,44-45,47-48,50,53,59,61-62,64-67H,5-9,11-14,16,18,20,22,24,26-31,57H2,1-4H3,(H3,58,60,63)/t32-,33-,34-,36-,37+,39+,41-,42+,44+,45+,47-,48+,50-,53+,56+/m0/s1. The average molecular weight is 1020 g/mol. The van der Waals surface area contributed by atoms with Gasteiger partial charge in [0.1, 0.15) is 24.2 Å². The SMILES string of the molecule is CN=C(N)N[C@@H]1CSSC[C@@H]2[C@@H]3CC[C@@H](CCc4oc(CCc5ccc(O)c(OC[C@H](O)c6cc7c([nH]6)[C@H]6C=C[C@@]8(CCC[C@@H]8C6)[C@H]7[C@H](CNC)NC[C@H](C)O)c5)cc4CO)C[C@H](C[C@H]2N)[C@@H]3CC[C@@H]1C. The highest BCUT2D eigenvalue weighted by molar-refractivity contribution is 8.76. The summed E-state index contributed by atoms with van der Waals surface area (Å²) in [5.41, 5.74) is 18.2. The van der Waals surface area contributed by atoms with Crippen LogP contribution in [-0.4, -0.2) is 101 Å². The number of hydrogen-bond acceptors (Lipinski definition) is 12. The lowest BCUT2D eigenvalue weighted by molar-refractivity contribution is 0.0714. The number of rotatable bonds is 18. The van der Waals surface area contributed by atoms with E-state index in [4.69, 9.17) is 20.6 Å². The summed E-state index contributed by atoms with van der Waals surface area (Å²) in [4.78, 5) is 7.87. The molecule has 15 atom stereocenters. The number of ether oxygens (including phenoxy) is 1. The van der Waals surface area contributed by atoms with Crippen molar-refractivity contribution in [3.63, 3.8) is 0 Å². The van der Waals surface area contributed by atoms with Crippen LogP contribution in [0.1, 0.15) is 142 Å². The van der Waals surface area contributed by atoms with Gasteiger partial charge in [0.2, 0.25) is 0 Å². The van der Waals surface area contributed by atoms with E-state index < -0.39 is 12.2 Å². The number of H-pyrrole nitrogens is 1. The molecule has 13 nitrogen and oxygen atoms in total. The number of aromatic nitrogens is 1. The maximum atomic E-state index is 11.7. The summed E-state index contributed by atoms with van der Waals surface area (Å²) in [7, 11) is 7.70. The summed E-state index contributed by atoms with van der Waals surface area (Å²) in [6, 6.07) is 10.3. The summed E-state index contributed by atoms with van der Waals surface area (Å²) in [5.74, 6) is 9.47. The maximum absolute atomic E-state index is 11.7. The first-order valence-electron chi connectivity index (χ1n) is 27.2. The summed E-state index contributed by atoms with van der Waals surface area (Å²) < 4.78 is 12.7. The lowest BCUT2D eigenvalue weighted by Gasteiger charge is -2.46. The number of benzene rings is 1. The van der Waals surface area contributed by atoms with Gasteiger partial charge in [0.25, 0.3) is 0 Å². The van der Waals surface area contributed by atoms with E-state index in [1.165, 1.54) is 56.2 Å². The van der Waals surface area contributed by atoms with E-state index >= 15 is 0 Å². The van der Waals surface area contributed by atoms with Crippen LogP contribution in [0.15, 0.2) is 51.9 Å². The number of aliphatic hydroxyl groups is 3. The van der Waals surface area contributed by atoms with Crippen molar-refractivity contribution in [2.24, 2.45) is 63.3 Å². The van der Waals surface area contributed by atoms with Crippen molar-refractivity contribution in [1.29, 1.82) is 0 Å². The Morgan fingerprint density at radius 3 is 2.63 bits per heavy atom. The fourth-order valence-electron chi connectivity index (χ4n) is 14.6. The number of phenolic OH excluding ortho intramolecular Hbond substituents is 1. The van der Waals surface area contributed by atoms with Gasteiger partial charge in [0.15, 0.2) is 17.5 Å². The van der Waals surface area contributed by atoms with Gasteiger partial charge in [-0.15, -0.1) is 0 Å². The van der Waals surface area contributed by atoms with Crippen molar-refractivity contribution in [2.75, 3.05) is 45.3 Å². The molecule has 0 amide bonds. The lowest BCUT2D eigenvalue weighted by Crippen LogP contribution is -2.50. The zero-order chi connectivity index (χ0) is 49.8. The van der Waals surface area contributed by atoms with E-state index in [-0.39, 0.29) is 48.3 Å². The Hall–Kier alpha value is -3.15. The van der Waals surface area contributed by atoms with Gasteiger partial charge < -0.3 is 62.0 Å². The van der Waals surface area contributed by atoms with Crippen LogP contribution in [0.25, 0.3) is 0 Å². The van der Waals surface area contributed by atoms with Gasteiger partial charge in [0.05, 0.1) is 12.7 Å². The predicted octanol–water partition coefficient (Wildman–Crippen LogP) is 7.83. The third kappa shape index (κ3) is 11.7. The third-order valence-electron chi connectivity index (χ3n) is 18.3. The largest absolute Gasteiger partial charge is 0.504 e. The number of furan rings is 1. The highest BCUT2D eigenvalue weighted by Gasteiger charge is 2.55. The number of allylic oxidation sites excluding steroid dienone is 2. The highest BCUT2D eigenvalue weighted by atomic mass is 33.1. The first-order chi connectivity index (χ1) is 34.4. The minimum Gasteiger partial charge on any atom is -0.504 e. The fourth-order valence-corrected chi connectivity index (χ4v) is 17.5. The fraction of sp³-hybridized carbons (Fsp3) is 0.696. The van der Waals surface area contributed by atoms with E-state index in [0.717, 1.165) is 78.5 Å². The Kier molecular flexibility index (Phi) is 17.5. The van der Waals surface area contributed by atoms with Crippen molar-refractivity contribution >= 4 is 27.5 Å². The van der Waals surface area contributed by atoms with Crippen LogP contribution < -0.4 is 32.2 Å². The molecule has 2 aromatic heterocycles. The first-order valence-corrected chi connectivity index (χ1v) is 29.7. The predicted molar refractivity (Wildman–Crippen MR) is 288 cm³/mol. The summed E-state index contributed by atoms with van der Waals surface area (Å²) in [6.45, 7) is 5.41. The molecule has 0 unspecified atom stereocenters. The summed E-state index contributed by atoms with van der Waals surface area (Å²) in [6.07, 6.45) is 18.6. The molecule has 392 valence electrons. The molecule has 12 N–H and O–H groups in total. The Morgan fingerprint density at radius 1 is 1.00 bits per heavy atom. The molecule has 6 aliphatic carbocycles. The second kappa shape index (κ2) is 23.6. The van der Waals surface area contributed by atoms with Crippen molar-refractivity contribution in [3.05, 3.63) is 82.1 Å². The van der Waals surface area contributed by atoms with Crippen LogP contribution in [0.3, 0.4) is 0 Å². The van der Waals surface area contributed by atoms with Crippen molar-refractivity contribution in [2.45, 2.75) is 153 Å². The number of hydrogen-bond donors (Lipinski definition) is 10. The number of aliphatic hydroxyl groups excluding tert-OH is 3. The van der Waals surface area contributed by atoms with E-state index in [9.17, 15) is 20.4 Å². The van der Waals surface area contributed by atoms with Gasteiger partial charge in [-0.05, 0) is 160 Å². The molecule has 3 heterocycles. The molecular formula is C56H85N7O6S2. The molecule has 1 aliphatic heterocycles. The maximum Gasteiger partial charge on any atom is 0.188 e. The van der Waals surface area contributed by atoms with Crippen LogP contribution in [0.2, 0.25) is 0 Å². The topological polar surface area (TPSA) is 220 Å². The number of aryl methyl sites for hydroxylation is 3. The molecule has 71 heavy (non-hydrogen) atoms. The Balaban J connectivity index is 0.814. The second-order valence-corrected chi connectivity index (χ2v) is 25.2. The number of aromatic amines is 1. The van der Waals surface area contributed by atoms with Crippen molar-refractivity contribution in [3.8, 4) is 11.5 Å². The number of phenols is 1. The number of nitrogens with one attached hydrogen (secondary N) is 4. The molecule has 1 aromatic carbocycles. The van der Waals surface area contributed by atoms with Crippen molar-refractivity contribution < 1.29 is 29.6 Å². The first kappa shape index (κ1) is 52.7. The molecule has 4 fully saturated rings. The molecule has 1 saturated heterocycles. The summed E-state index contributed by atoms with van der Waals surface area (Å²) in [5, 5.41) is 54.0. The number of aliphatic imine (C=N–C) groups is 1. The molecule has 6 bridgehead atoms. The Bertz CT molecular complexity index is 2290. The van der Waals surface area contributed by atoms with Gasteiger partial charge >= 0.3 is 0 Å². The zero-order valence-electron chi connectivity index (χ0n) is 42.8. The Morgan fingerprint density at radius 2 is 1.83 bits per heavy atom. The zero-order valence-corrected chi connectivity index (χ0v) is 44.4.